The summed E-state index contributed by atoms with van der Waals surface area (Å²) in [6, 6.07) is 0. The highest BCUT2D eigenvalue weighted by molar-refractivity contribution is 4.93. The zero-order valence-corrected chi connectivity index (χ0v) is 8.43. The molecule has 2 saturated heterocycles. The van der Waals surface area contributed by atoms with Gasteiger partial charge < -0.3 is 14.6 Å². The third-order valence-corrected chi connectivity index (χ3v) is 3.51. The van der Waals surface area contributed by atoms with Crippen LogP contribution in [0.5, 0.6) is 0 Å². The van der Waals surface area contributed by atoms with Gasteiger partial charge in [-0.2, -0.15) is 0 Å². The Hall–Kier alpha value is -0.120. The van der Waals surface area contributed by atoms with Crippen molar-refractivity contribution < 1.29 is 14.6 Å². The first-order valence-electron chi connectivity index (χ1n) is 5.06. The van der Waals surface area contributed by atoms with Crippen LogP contribution in [0.2, 0.25) is 0 Å². The second-order valence-electron chi connectivity index (χ2n) is 4.39. The first-order valence-corrected chi connectivity index (χ1v) is 5.06. The first kappa shape index (κ1) is 9.44. The lowest BCUT2D eigenvalue weighted by molar-refractivity contribution is -0.251. The highest BCUT2D eigenvalue weighted by atomic mass is 16.6. The summed E-state index contributed by atoms with van der Waals surface area (Å²) >= 11 is 0. The number of hydrogen-bond donors (Lipinski definition) is 1. The van der Waals surface area contributed by atoms with Crippen molar-refractivity contribution in [1.82, 2.24) is 0 Å². The van der Waals surface area contributed by atoms with Crippen LogP contribution in [0.15, 0.2) is 0 Å². The molecule has 2 aliphatic heterocycles. The Labute approximate surface area is 79.0 Å². The molecule has 0 aliphatic carbocycles. The molecule has 2 fully saturated rings. The van der Waals surface area contributed by atoms with Crippen molar-refractivity contribution in [3.05, 3.63) is 0 Å². The molecule has 2 bridgehead atoms. The highest BCUT2D eigenvalue weighted by Gasteiger charge is 2.46. The van der Waals surface area contributed by atoms with E-state index >= 15 is 0 Å². The Bertz CT molecular complexity index is 193. The van der Waals surface area contributed by atoms with Crippen LogP contribution in [0.1, 0.15) is 20.8 Å². The van der Waals surface area contributed by atoms with Gasteiger partial charge >= 0.3 is 0 Å². The minimum atomic E-state index is -0.443. The van der Waals surface area contributed by atoms with Crippen LogP contribution in [0.25, 0.3) is 0 Å². The van der Waals surface area contributed by atoms with E-state index in [0.717, 1.165) is 0 Å². The van der Waals surface area contributed by atoms with E-state index in [0.29, 0.717) is 18.4 Å². The molecule has 0 saturated carbocycles. The van der Waals surface area contributed by atoms with Crippen molar-refractivity contribution in [2.24, 2.45) is 11.8 Å². The van der Waals surface area contributed by atoms with E-state index in [2.05, 4.69) is 20.8 Å². The zero-order chi connectivity index (χ0) is 9.59. The number of aliphatic hydroxyl groups is 1. The van der Waals surface area contributed by atoms with Crippen LogP contribution >= 0.6 is 0 Å². The SMILES string of the molecule is C[C@@H]1[C@@H]2OC[C@@H](O)[C@H]1O[C@@H](C)[C@H]2C. The van der Waals surface area contributed by atoms with E-state index in [-0.39, 0.29) is 18.3 Å². The molecule has 0 spiro atoms. The quantitative estimate of drug-likeness (QED) is 0.608. The minimum Gasteiger partial charge on any atom is -0.388 e. The van der Waals surface area contributed by atoms with Gasteiger partial charge in [0, 0.05) is 11.8 Å². The average Bonchev–Trinajstić information content (AvgIpc) is 2.09. The van der Waals surface area contributed by atoms with Gasteiger partial charge in [0.15, 0.2) is 0 Å². The molecule has 76 valence electrons. The summed E-state index contributed by atoms with van der Waals surface area (Å²) in [5.41, 5.74) is 0. The normalized spacial score (nSPS) is 56.3. The van der Waals surface area contributed by atoms with Crippen molar-refractivity contribution in [2.45, 2.75) is 45.2 Å². The van der Waals surface area contributed by atoms with Crippen molar-refractivity contribution >= 4 is 0 Å². The zero-order valence-electron chi connectivity index (χ0n) is 8.43. The van der Waals surface area contributed by atoms with Crippen LogP contribution < -0.4 is 0 Å². The van der Waals surface area contributed by atoms with Gasteiger partial charge in [-0.3, -0.25) is 0 Å². The second-order valence-corrected chi connectivity index (χ2v) is 4.39. The lowest BCUT2D eigenvalue weighted by Gasteiger charge is -2.49. The lowest BCUT2D eigenvalue weighted by Crippen LogP contribution is -2.58. The van der Waals surface area contributed by atoms with Crippen molar-refractivity contribution in [3.63, 3.8) is 0 Å². The predicted molar refractivity (Wildman–Crippen MR) is 48.4 cm³/mol. The van der Waals surface area contributed by atoms with Gasteiger partial charge in [-0.05, 0) is 6.92 Å². The van der Waals surface area contributed by atoms with Gasteiger partial charge in [0.1, 0.15) is 6.10 Å². The minimum absolute atomic E-state index is 0.0232. The fraction of sp³-hybridized carbons (Fsp3) is 1.00. The van der Waals surface area contributed by atoms with E-state index in [9.17, 15) is 5.11 Å². The van der Waals surface area contributed by atoms with E-state index < -0.39 is 6.10 Å². The Morgan fingerprint density at radius 1 is 1.08 bits per heavy atom. The molecule has 0 aromatic heterocycles. The molecule has 3 heteroatoms. The Morgan fingerprint density at radius 3 is 2.46 bits per heavy atom. The molecule has 1 N–H and O–H groups in total. The molecular weight excluding hydrogens is 168 g/mol. The summed E-state index contributed by atoms with van der Waals surface area (Å²) in [7, 11) is 0. The average molecular weight is 186 g/mol. The number of rotatable bonds is 0. The largest absolute Gasteiger partial charge is 0.388 e. The third-order valence-electron chi connectivity index (χ3n) is 3.51. The number of hydrogen-bond acceptors (Lipinski definition) is 3. The predicted octanol–water partition coefficient (Wildman–Crippen LogP) is 0.806. The standard InChI is InChI=1S/C10H18O3/c1-5-7(3)13-10-6(2)9(5)12-4-8(10)11/h5-11H,4H2,1-3H3/t5-,6-,7+,8-,9-,10+/m1/s1. The number of aliphatic hydroxyl groups excluding tert-OH is 1. The number of ether oxygens (including phenoxy) is 2. The maximum atomic E-state index is 9.65. The molecular formula is C10H18O3. The Balaban J connectivity index is 2.17. The Kier molecular flexibility index (Phi) is 2.34. The summed E-state index contributed by atoms with van der Waals surface area (Å²) in [6.07, 6.45) is -0.00977. The topological polar surface area (TPSA) is 38.7 Å². The third kappa shape index (κ3) is 1.39. The molecule has 0 unspecified atom stereocenters. The molecule has 2 aliphatic rings. The van der Waals surface area contributed by atoms with Gasteiger partial charge in [-0.25, -0.2) is 0 Å². The highest BCUT2D eigenvalue weighted by Crippen LogP contribution is 2.36. The van der Waals surface area contributed by atoms with E-state index in [1.54, 1.807) is 0 Å². The second kappa shape index (κ2) is 3.23. The monoisotopic (exact) mass is 186 g/mol. The maximum Gasteiger partial charge on any atom is 0.104 e. The summed E-state index contributed by atoms with van der Waals surface area (Å²) in [4.78, 5) is 0. The van der Waals surface area contributed by atoms with Crippen molar-refractivity contribution in [2.75, 3.05) is 6.61 Å². The van der Waals surface area contributed by atoms with Gasteiger partial charge in [0.25, 0.3) is 0 Å². The van der Waals surface area contributed by atoms with Gasteiger partial charge in [0.2, 0.25) is 0 Å². The maximum absolute atomic E-state index is 9.65. The van der Waals surface area contributed by atoms with Gasteiger partial charge in [0.05, 0.1) is 24.9 Å². The van der Waals surface area contributed by atoms with E-state index in [1.165, 1.54) is 0 Å². The van der Waals surface area contributed by atoms with Crippen LogP contribution in [0.4, 0.5) is 0 Å². The molecule has 2 heterocycles. The van der Waals surface area contributed by atoms with Gasteiger partial charge in [-0.1, -0.05) is 13.8 Å². The molecule has 0 amide bonds. The van der Waals surface area contributed by atoms with E-state index in [4.69, 9.17) is 9.47 Å². The molecule has 2 rings (SSSR count). The van der Waals surface area contributed by atoms with Crippen LogP contribution in [0, 0.1) is 11.8 Å². The molecule has 0 radical (unpaired) electrons. The summed E-state index contributed by atoms with van der Waals surface area (Å²) in [5, 5.41) is 9.65. The molecule has 3 nitrogen and oxygen atoms in total. The van der Waals surface area contributed by atoms with Crippen molar-refractivity contribution in [3.8, 4) is 0 Å². The van der Waals surface area contributed by atoms with Gasteiger partial charge in [-0.15, -0.1) is 0 Å². The Morgan fingerprint density at radius 2 is 1.77 bits per heavy atom. The summed E-state index contributed by atoms with van der Waals surface area (Å²) in [5.74, 6) is 0.744. The molecule has 13 heavy (non-hydrogen) atoms. The summed E-state index contributed by atoms with van der Waals surface area (Å²) in [6.45, 7) is 6.73. The smallest absolute Gasteiger partial charge is 0.104 e. The fourth-order valence-electron chi connectivity index (χ4n) is 2.48. The lowest BCUT2D eigenvalue weighted by atomic mass is 9.80. The number of fused-ring (bicyclic) bond motifs is 2. The molecule has 6 atom stereocenters. The van der Waals surface area contributed by atoms with Crippen LogP contribution in [0.3, 0.4) is 0 Å². The first-order chi connectivity index (χ1) is 6.11. The van der Waals surface area contributed by atoms with Crippen LogP contribution in [-0.2, 0) is 9.47 Å². The van der Waals surface area contributed by atoms with Crippen molar-refractivity contribution in [1.29, 1.82) is 0 Å². The van der Waals surface area contributed by atoms with E-state index in [1.807, 2.05) is 0 Å². The molecule has 0 aromatic carbocycles. The molecule has 0 aromatic rings. The van der Waals surface area contributed by atoms with Crippen LogP contribution in [-0.4, -0.2) is 36.1 Å². The fourth-order valence-corrected chi connectivity index (χ4v) is 2.48. The summed E-state index contributed by atoms with van der Waals surface area (Å²) < 4.78 is 11.4.